The molecule has 0 radical (unpaired) electrons. The van der Waals surface area contributed by atoms with E-state index >= 15 is 0 Å². The van der Waals surface area contributed by atoms with Crippen LogP contribution in [0.25, 0.3) is 11.1 Å². The molecule has 0 heterocycles. The third kappa shape index (κ3) is 2.79. The smallest absolute Gasteiger partial charge is 0.335 e. The lowest BCUT2D eigenvalue weighted by atomic mass is 9.95. The van der Waals surface area contributed by atoms with E-state index in [9.17, 15) is 4.79 Å². The fraction of sp³-hybridized carbons (Fsp3) is 0.188. The van der Waals surface area contributed by atoms with Gasteiger partial charge in [-0.05, 0) is 72.9 Å². The molecule has 1 N–H and O–H groups in total. The van der Waals surface area contributed by atoms with Gasteiger partial charge in [-0.3, -0.25) is 0 Å². The van der Waals surface area contributed by atoms with E-state index in [-0.39, 0.29) is 0 Å². The summed E-state index contributed by atoms with van der Waals surface area (Å²) in [6.45, 7) is 5.82. The number of carboxylic acids is 1. The molecular weight excluding hydrogens is 260 g/mol. The third-order valence-electron chi connectivity index (χ3n) is 3.14. The first kappa shape index (κ1) is 13.6. The number of halogens is 1. The predicted molar refractivity (Wildman–Crippen MR) is 78.1 cm³/mol. The van der Waals surface area contributed by atoms with Gasteiger partial charge in [-0.25, -0.2) is 4.79 Å². The molecule has 0 saturated heterocycles. The van der Waals surface area contributed by atoms with Gasteiger partial charge in [-0.1, -0.05) is 17.7 Å². The van der Waals surface area contributed by atoms with Crippen molar-refractivity contribution in [1.29, 1.82) is 0 Å². The van der Waals surface area contributed by atoms with Gasteiger partial charge in [0.25, 0.3) is 0 Å². The molecule has 0 saturated carbocycles. The van der Waals surface area contributed by atoms with Gasteiger partial charge < -0.3 is 5.11 Å². The van der Waals surface area contributed by atoms with Gasteiger partial charge in [-0.2, -0.15) is 0 Å². The molecule has 0 aromatic heterocycles. The molecular formula is C16H15ClO2. The van der Waals surface area contributed by atoms with Crippen molar-refractivity contribution < 1.29 is 9.90 Å². The number of rotatable bonds is 2. The van der Waals surface area contributed by atoms with E-state index in [0.717, 1.165) is 32.8 Å². The first-order chi connectivity index (χ1) is 8.88. The Morgan fingerprint density at radius 3 is 2.32 bits per heavy atom. The summed E-state index contributed by atoms with van der Waals surface area (Å²) in [5.41, 5.74) is 5.20. The molecule has 0 atom stereocenters. The van der Waals surface area contributed by atoms with Crippen molar-refractivity contribution in [2.45, 2.75) is 20.8 Å². The highest BCUT2D eigenvalue weighted by Gasteiger charge is 2.10. The molecule has 0 spiro atoms. The van der Waals surface area contributed by atoms with Gasteiger partial charge in [0.05, 0.1) is 5.56 Å². The summed E-state index contributed by atoms with van der Waals surface area (Å²) >= 11 is 6.09. The van der Waals surface area contributed by atoms with E-state index in [0.29, 0.717) is 5.56 Å². The minimum Gasteiger partial charge on any atom is -0.478 e. The molecule has 3 heteroatoms. The van der Waals surface area contributed by atoms with E-state index in [1.165, 1.54) is 0 Å². The maximum atomic E-state index is 11.1. The zero-order valence-corrected chi connectivity index (χ0v) is 11.9. The van der Waals surface area contributed by atoms with Crippen LogP contribution in [0.15, 0.2) is 30.3 Å². The van der Waals surface area contributed by atoms with Gasteiger partial charge in [0.15, 0.2) is 0 Å². The second-order valence-corrected chi connectivity index (χ2v) is 5.22. The summed E-state index contributed by atoms with van der Waals surface area (Å²) in [4.78, 5) is 11.1. The van der Waals surface area contributed by atoms with Crippen LogP contribution in [0, 0.1) is 20.8 Å². The first-order valence-electron chi connectivity index (χ1n) is 6.00. The number of carbonyl (C=O) groups is 1. The van der Waals surface area contributed by atoms with Crippen LogP contribution in [0.2, 0.25) is 5.02 Å². The third-order valence-corrected chi connectivity index (χ3v) is 3.55. The maximum Gasteiger partial charge on any atom is 0.335 e. The number of carboxylic acid groups (broad SMARTS) is 1. The van der Waals surface area contributed by atoms with Crippen LogP contribution in [0.5, 0.6) is 0 Å². The molecule has 2 aromatic rings. The Balaban J connectivity index is 2.65. The average molecular weight is 275 g/mol. The fourth-order valence-corrected chi connectivity index (χ4v) is 2.37. The summed E-state index contributed by atoms with van der Waals surface area (Å²) < 4.78 is 0. The fourth-order valence-electron chi connectivity index (χ4n) is 2.15. The number of aromatic carboxylic acids is 1. The first-order valence-corrected chi connectivity index (χ1v) is 6.38. The summed E-state index contributed by atoms with van der Waals surface area (Å²) in [6.07, 6.45) is 0. The Labute approximate surface area is 117 Å². The monoisotopic (exact) mass is 274 g/mol. The van der Waals surface area contributed by atoms with Gasteiger partial charge in [-0.15, -0.1) is 0 Å². The molecule has 2 aromatic carbocycles. The zero-order valence-electron chi connectivity index (χ0n) is 11.1. The molecule has 98 valence electrons. The summed E-state index contributed by atoms with van der Waals surface area (Å²) in [6, 6.07) is 9.27. The van der Waals surface area contributed by atoms with Gasteiger partial charge in [0.2, 0.25) is 0 Å². The molecule has 19 heavy (non-hydrogen) atoms. The lowest BCUT2D eigenvalue weighted by Gasteiger charge is -2.11. The van der Waals surface area contributed by atoms with E-state index in [1.54, 1.807) is 12.1 Å². The van der Waals surface area contributed by atoms with Crippen LogP contribution in [-0.4, -0.2) is 11.1 Å². The van der Waals surface area contributed by atoms with Gasteiger partial charge in [0, 0.05) is 5.02 Å². The quantitative estimate of drug-likeness (QED) is 0.867. The van der Waals surface area contributed by atoms with Crippen LogP contribution in [0.4, 0.5) is 0 Å². The standard InChI is InChI=1S/C16H15ClO2/c1-9-4-12(8-13(5-9)16(18)19)14-6-11(3)15(17)7-10(14)2/h4-8H,1-3H3,(H,18,19). The van der Waals surface area contributed by atoms with E-state index in [1.807, 2.05) is 39.0 Å². The molecule has 2 rings (SSSR count). The molecule has 0 aliphatic heterocycles. The van der Waals surface area contributed by atoms with Gasteiger partial charge in [0.1, 0.15) is 0 Å². The Morgan fingerprint density at radius 2 is 1.68 bits per heavy atom. The Morgan fingerprint density at radius 1 is 1.00 bits per heavy atom. The lowest BCUT2D eigenvalue weighted by molar-refractivity contribution is 0.0697. The molecule has 0 aliphatic rings. The van der Waals surface area contributed by atoms with Crippen molar-refractivity contribution >= 4 is 17.6 Å². The van der Waals surface area contributed by atoms with E-state index in [2.05, 4.69) is 0 Å². The Hall–Kier alpha value is -1.80. The minimum absolute atomic E-state index is 0.307. The Bertz CT molecular complexity index is 660. The maximum absolute atomic E-state index is 11.1. The SMILES string of the molecule is Cc1cc(C(=O)O)cc(-c2cc(C)c(Cl)cc2C)c1. The van der Waals surface area contributed by atoms with Crippen LogP contribution in [-0.2, 0) is 0 Å². The Kier molecular flexibility index (Phi) is 3.63. The molecule has 0 amide bonds. The van der Waals surface area contributed by atoms with Crippen LogP contribution >= 0.6 is 11.6 Å². The molecule has 0 fully saturated rings. The number of hydrogen-bond donors (Lipinski definition) is 1. The van der Waals surface area contributed by atoms with Crippen molar-refractivity contribution in [1.82, 2.24) is 0 Å². The minimum atomic E-state index is -0.909. The second-order valence-electron chi connectivity index (χ2n) is 4.81. The summed E-state index contributed by atoms with van der Waals surface area (Å²) in [5, 5.41) is 9.86. The van der Waals surface area contributed by atoms with Crippen LogP contribution in [0.1, 0.15) is 27.0 Å². The average Bonchev–Trinajstić information content (AvgIpc) is 2.33. The van der Waals surface area contributed by atoms with Crippen molar-refractivity contribution in [3.63, 3.8) is 0 Å². The number of hydrogen-bond acceptors (Lipinski definition) is 1. The van der Waals surface area contributed by atoms with Crippen molar-refractivity contribution in [2.75, 3.05) is 0 Å². The molecule has 0 unspecified atom stereocenters. The van der Waals surface area contributed by atoms with Crippen molar-refractivity contribution in [2.24, 2.45) is 0 Å². The summed E-state index contributed by atoms with van der Waals surface area (Å²) in [7, 11) is 0. The van der Waals surface area contributed by atoms with Crippen LogP contribution in [0.3, 0.4) is 0 Å². The highest BCUT2D eigenvalue weighted by atomic mass is 35.5. The number of aryl methyl sites for hydroxylation is 3. The zero-order chi connectivity index (χ0) is 14.2. The van der Waals surface area contributed by atoms with Crippen molar-refractivity contribution in [3.05, 3.63) is 57.6 Å². The predicted octanol–water partition coefficient (Wildman–Crippen LogP) is 4.63. The number of benzene rings is 2. The second kappa shape index (κ2) is 5.06. The highest BCUT2D eigenvalue weighted by Crippen LogP contribution is 2.30. The molecule has 2 nitrogen and oxygen atoms in total. The van der Waals surface area contributed by atoms with Crippen molar-refractivity contribution in [3.8, 4) is 11.1 Å². The normalized spacial score (nSPS) is 10.5. The van der Waals surface area contributed by atoms with E-state index in [4.69, 9.17) is 16.7 Å². The van der Waals surface area contributed by atoms with Crippen LogP contribution < -0.4 is 0 Å². The summed E-state index contributed by atoms with van der Waals surface area (Å²) in [5.74, 6) is -0.909. The van der Waals surface area contributed by atoms with Gasteiger partial charge >= 0.3 is 5.97 Å². The molecule has 0 bridgehead atoms. The van der Waals surface area contributed by atoms with E-state index < -0.39 is 5.97 Å². The largest absolute Gasteiger partial charge is 0.478 e. The topological polar surface area (TPSA) is 37.3 Å². The highest BCUT2D eigenvalue weighted by molar-refractivity contribution is 6.31. The lowest BCUT2D eigenvalue weighted by Crippen LogP contribution is -1.98. The molecule has 0 aliphatic carbocycles.